The Kier molecular flexibility index (Phi) is 6.77. The van der Waals surface area contributed by atoms with Gasteiger partial charge in [-0.05, 0) is 31.2 Å². The van der Waals surface area contributed by atoms with Crippen molar-refractivity contribution in [2.45, 2.75) is 18.2 Å². The summed E-state index contributed by atoms with van der Waals surface area (Å²) in [4.78, 5) is 16.1. The highest BCUT2D eigenvalue weighted by Crippen LogP contribution is 2.29. The number of carbonyl (C=O) groups excluding carboxylic acids is 1. The van der Waals surface area contributed by atoms with Gasteiger partial charge in [-0.3, -0.25) is 4.79 Å². The lowest BCUT2D eigenvalue weighted by atomic mass is 10.3. The van der Waals surface area contributed by atoms with Gasteiger partial charge in [0.1, 0.15) is 11.6 Å². The summed E-state index contributed by atoms with van der Waals surface area (Å²) >= 11 is 13.2. The molecule has 2 heterocycles. The van der Waals surface area contributed by atoms with Crippen molar-refractivity contribution in [3.05, 3.63) is 58.5 Å². The largest absolute Gasteiger partial charge is 0.481 e. The SMILES string of the molecule is CC(Oc1ccccc1Cl)c1nnc(SCC(=O)Nc2ccc(Cl)cn2)n1C. The molecule has 1 amide bonds. The van der Waals surface area contributed by atoms with Crippen LogP contribution in [0.5, 0.6) is 5.75 Å². The Morgan fingerprint density at radius 2 is 2.04 bits per heavy atom. The molecule has 3 rings (SSSR count). The van der Waals surface area contributed by atoms with Crippen molar-refractivity contribution in [1.82, 2.24) is 19.7 Å². The van der Waals surface area contributed by atoms with Crippen molar-refractivity contribution in [3.8, 4) is 5.75 Å². The lowest BCUT2D eigenvalue weighted by Crippen LogP contribution is -2.15. The second-order valence-electron chi connectivity index (χ2n) is 5.79. The molecule has 28 heavy (non-hydrogen) atoms. The van der Waals surface area contributed by atoms with Gasteiger partial charge in [0, 0.05) is 13.2 Å². The first-order valence-corrected chi connectivity index (χ1v) is 10.0. The van der Waals surface area contributed by atoms with E-state index in [9.17, 15) is 4.79 Å². The average Bonchev–Trinajstić information content (AvgIpc) is 3.04. The summed E-state index contributed by atoms with van der Waals surface area (Å²) in [5.41, 5.74) is 0. The van der Waals surface area contributed by atoms with Crippen LogP contribution in [0.15, 0.2) is 47.8 Å². The van der Waals surface area contributed by atoms with Gasteiger partial charge < -0.3 is 14.6 Å². The normalized spacial score (nSPS) is 11.9. The average molecular weight is 438 g/mol. The summed E-state index contributed by atoms with van der Waals surface area (Å²) in [6, 6.07) is 10.5. The molecular weight excluding hydrogens is 421 g/mol. The molecule has 0 fully saturated rings. The van der Waals surface area contributed by atoms with Gasteiger partial charge in [-0.2, -0.15) is 0 Å². The van der Waals surface area contributed by atoms with E-state index < -0.39 is 0 Å². The van der Waals surface area contributed by atoms with Crippen LogP contribution in [-0.4, -0.2) is 31.4 Å². The maximum atomic E-state index is 12.1. The summed E-state index contributed by atoms with van der Waals surface area (Å²) < 4.78 is 7.67. The number of hydrogen-bond acceptors (Lipinski definition) is 6. The summed E-state index contributed by atoms with van der Waals surface area (Å²) in [5.74, 6) is 1.60. The smallest absolute Gasteiger partial charge is 0.236 e. The molecule has 0 bridgehead atoms. The van der Waals surface area contributed by atoms with Crippen LogP contribution in [0.1, 0.15) is 18.9 Å². The lowest BCUT2D eigenvalue weighted by Gasteiger charge is -2.15. The fraction of sp³-hybridized carbons (Fsp3) is 0.222. The quantitative estimate of drug-likeness (QED) is 0.551. The van der Waals surface area contributed by atoms with E-state index >= 15 is 0 Å². The van der Waals surface area contributed by atoms with Crippen LogP contribution in [0.3, 0.4) is 0 Å². The van der Waals surface area contributed by atoms with E-state index in [2.05, 4.69) is 20.5 Å². The Labute approximate surface area is 176 Å². The molecule has 1 atom stereocenters. The third-order valence-corrected chi connectivity index (χ3v) is 5.26. The summed E-state index contributed by atoms with van der Waals surface area (Å²) in [6.45, 7) is 1.86. The van der Waals surface area contributed by atoms with E-state index in [0.717, 1.165) is 0 Å². The van der Waals surface area contributed by atoms with Gasteiger partial charge in [-0.1, -0.05) is 47.1 Å². The van der Waals surface area contributed by atoms with Crippen LogP contribution in [0.25, 0.3) is 0 Å². The van der Waals surface area contributed by atoms with Gasteiger partial charge >= 0.3 is 0 Å². The first-order valence-electron chi connectivity index (χ1n) is 8.28. The first kappa shape index (κ1) is 20.4. The van der Waals surface area contributed by atoms with Crippen molar-refractivity contribution in [2.75, 3.05) is 11.1 Å². The molecule has 1 aromatic carbocycles. The van der Waals surface area contributed by atoms with Crippen LogP contribution in [0, 0.1) is 0 Å². The number of para-hydroxylation sites is 1. The Morgan fingerprint density at radius 1 is 1.25 bits per heavy atom. The Hall–Kier alpha value is -2.29. The molecule has 146 valence electrons. The van der Waals surface area contributed by atoms with E-state index in [1.165, 1.54) is 18.0 Å². The third kappa shape index (κ3) is 5.15. The maximum absolute atomic E-state index is 12.1. The summed E-state index contributed by atoms with van der Waals surface area (Å²) in [5, 5.41) is 12.7. The Balaban J connectivity index is 1.58. The number of benzene rings is 1. The zero-order valence-electron chi connectivity index (χ0n) is 15.1. The fourth-order valence-electron chi connectivity index (χ4n) is 2.35. The van der Waals surface area contributed by atoms with Gasteiger partial charge in [0.25, 0.3) is 0 Å². The number of halogens is 2. The number of pyridine rings is 1. The minimum atomic E-state index is -0.362. The number of aromatic nitrogens is 4. The van der Waals surface area contributed by atoms with Crippen LogP contribution in [-0.2, 0) is 11.8 Å². The molecule has 0 saturated carbocycles. The molecule has 1 unspecified atom stereocenters. The maximum Gasteiger partial charge on any atom is 0.236 e. The molecule has 0 radical (unpaired) electrons. The van der Waals surface area contributed by atoms with Crippen LogP contribution in [0.4, 0.5) is 5.82 Å². The highest BCUT2D eigenvalue weighted by Gasteiger charge is 2.19. The fourth-order valence-corrected chi connectivity index (χ4v) is 3.36. The van der Waals surface area contributed by atoms with Crippen molar-refractivity contribution < 1.29 is 9.53 Å². The predicted molar refractivity (Wildman–Crippen MR) is 110 cm³/mol. The van der Waals surface area contributed by atoms with E-state index in [0.29, 0.717) is 32.6 Å². The summed E-state index contributed by atoms with van der Waals surface area (Å²) in [6.07, 6.45) is 1.11. The molecule has 10 heteroatoms. The summed E-state index contributed by atoms with van der Waals surface area (Å²) in [7, 11) is 1.82. The Bertz CT molecular complexity index is 965. The van der Waals surface area contributed by atoms with E-state index in [1.54, 1.807) is 28.8 Å². The highest BCUT2D eigenvalue weighted by molar-refractivity contribution is 7.99. The third-order valence-electron chi connectivity index (χ3n) is 3.70. The second kappa shape index (κ2) is 9.27. The molecule has 2 aromatic heterocycles. The van der Waals surface area contributed by atoms with Crippen molar-refractivity contribution in [3.63, 3.8) is 0 Å². The molecule has 7 nitrogen and oxygen atoms in total. The molecule has 0 aliphatic rings. The topological polar surface area (TPSA) is 81.9 Å². The van der Waals surface area contributed by atoms with Gasteiger partial charge in [0.05, 0.1) is 15.8 Å². The number of rotatable bonds is 7. The zero-order valence-corrected chi connectivity index (χ0v) is 17.4. The number of nitrogens with one attached hydrogen (secondary N) is 1. The van der Waals surface area contributed by atoms with Crippen LogP contribution < -0.4 is 10.1 Å². The second-order valence-corrected chi connectivity index (χ2v) is 7.57. The van der Waals surface area contributed by atoms with Crippen molar-refractivity contribution >= 4 is 46.7 Å². The van der Waals surface area contributed by atoms with Crippen molar-refractivity contribution in [2.24, 2.45) is 7.05 Å². The molecule has 0 aliphatic carbocycles. The number of ether oxygens (including phenoxy) is 1. The monoisotopic (exact) mass is 437 g/mol. The number of nitrogens with zero attached hydrogens (tertiary/aromatic N) is 4. The highest BCUT2D eigenvalue weighted by atomic mass is 35.5. The lowest BCUT2D eigenvalue weighted by molar-refractivity contribution is -0.113. The molecule has 0 saturated heterocycles. The van der Waals surface area contributed by atoms with Gasteiger partial charge in [0.15, 0.2) is 17.1 Å². The minimum absolute atomic E-state index is 0.163. The van der Waals surface area contributed by atoms with Gasteiger partial charge in [-0.15, -0.1) is 10.2 Å². The number of hydrogen-bond donors (Lipinski definition) is 1. The molecule has 1 N–H and O–H groups in total. The molecular formula is C18H17Cl2N5O2S. The Morgan fingerprint density at radius 3 is 2.75 bits per heavy atom. The van der Waals surface area contributed by atoms with Gasteiger partial charge in [-0.25, -0.2) is 4.98 Å². The molecule has 0 spiro atoms. The van der Waals surface area contributed by atoms with Crippen LogP contribution in [0.2, 0.25) is 10.0 Å². The van der Waals surface area contributed by atoms with E-state index in [4.69, 9.17) is 27.9 Å². The van der Waals surface area contributed by atoms with Crippen LogP contribution >= 0.6 is 35.0 Å². The number of thioether (sulfide) groups is 1. The zero-order chi connectivity index (χ0) is 20.1. The minimum Gasteiger partial charge on any atom is -0.481 e. The predicted octanol–water partition coefficient (Wildman–Crippen LogP) is 4.39. The molecule has 3 aromatic rings. The van der Waals surface area contributed by atoms with E-state index in [1.807, 2.05) is 26.1 Å². The standard InChI is InChI=1S/C18H17Cl2N5O2S/c1-11(27-14-6-4-3-5-13(14)20)17-23-24-18(25(17)2)28-10-16(26)22-15-8-7-12(19)9-21-15/h3-9,11H,10H2,1-2H3,(H,21,22,26). The van der Waals surface area contributed by atoms with Gasteiger partial charge in [0.2, 0.25) is 5.91 Å². The number of anilines is 1. The first-order chi connectivity index (χ1) is 13.4. The number of amides is 1. The van der Waals surface area contributed by atoms with Crippen molar-refractivity contribution in [1.29, 1.82) is 0 Å². The number of carbonyl (C=O) groups is 1. The molecule has 0 aliphatic heterocycles. The van der Waals surface area contributed by atoms with E-state index in [-0.39, 0.29) is 17.8 Å².